The number of ether oxygens (including phenoxy) is 1. The van der Waals surface area contributed by atoms with E-state index in [0.29, 0.717) is 6.04 Å². The van der Waals surface area contributed by atoms with Crippen molar-refractivity contribution in [2.45, 2.75) is 32.4 Å². The van der Waals surface area contributed by atoms with Crippen LogP contribution in [0.3, 0.4) is 0 Å². The van der Waals surface area contributed by atoms with E-state index in [-0.39, 0.29) is 6.10 Å². The zero-order valence-corrected chi connectivity index (χ0v) is 12.0. The first-order valence-electron chi connectivity index (χ1n) is 7.23. The SMILES string of the molecule is CCC1CN(C(C)c2ccccc2)c2ncccc2O1. The van der Waals surface area contributed by atoms with E-state index in [1.807, 2.05) is 18.3 Å². The van der Waals surface area contributed by atoms with E-state index >= 15 is 0 Å². The van der Waals surface area contributed by atoms with E-state index < -0.39 is 0 Å². The van der Waals surface area contributed by atoms with Gasteiger partial charge in [0.2, 0.25) is 0 Å². The van der Waals surface area contributed by atoms with E-state index in [0.717, 1.165) is 24.5 Å². The number of rotatable bonds is 3. The summed E-state index contributed by atoms with van der Waals surface area (Å²) in [6, 6.07) is 14.8. The van der Waals surface area contributed by atoms with Gasteiger partial charge < -0.3 is 9.64 Å². The Morgan fingerprint density at radius 2 is 2.05 bits per heavy atom. The molecule has 0 radical (unpaired) electrons. The first-order valence-corrected chi connectivity index (χ1v) is 7.23. The molecule has 2 heterocycles. The van der Waals surface area contributed by atoms with E-state index in [2.05, 4.69) is 54.1 Å². The Kier molecular flexibility index (Phi) is 3.59. The lowest BCUT2D eigenvalue weighted by Gasteiger charge is -2.38. The third-order valence-corrected chi connectivity index (χ3v) is 3.92. The number of anilines is 1. The number of hydrogen-bond donors (Lipinski definition) is 0. The van der Waals surface area contributed by atoms with Crippen LogP contribution in [0.15, 0.2) is 48.7 Å². The Labute approximate surface area is 120 Å². The Morgan fingerprint density at radius 3 is 2.80 bits per heavy atom. The van der Waals surface area contributed by atoms with Crippen molar-refractivity contribution in [3.8, 4) is 5.75 Å². The van der Waals surface area contributed by atoms with Crippen LogP contribution in [0.2, 0.25) is 0 Å². The third kappa shape index (κ3) is 2.36. The van der Waals surface area contributed by atoms with Gasteiger partial charge in [-0.2, -0.15) is 0 Å². The average Bonchev–Trinajstić information content (AvgIpc) is 2.54. The second-order valence-electron chi connectivity index (χ2n) is 5.21. The number of fused-ring (bicyclic) bond motifs is 1. The fourth-order valence-corrected chi connectivity index (χ4v) is 2.68. The summed E-state index contributed by atoms with van der Waals surface area (Å²) in [6.45, 7) is 5.28. The molecule has 3 rings (SSSR count). The van der Waals surface area contributed by atoms with Crippen molar-refractivity contribution < 1.29 is 4.74 Å². The van der Waals surface area contributed by atoms with Crippen LogP contribution in [0.25, 0.3) is 0 Å². The van der Waals surface area contributed by atoms with Crippen molar-refractivity contribution in [1.29, 1.82) is 0 Å². The third-order valence-electron chi connectivity index (χ3n) is 3.92. The van der Waals surface area contributed by atoms with Gasteiger partial charge in [-0.3, -0.25) is 0 Å². The topological polar surface area (TPSA) is 25.4 Å². The number of benzene rings is 1. The van der Waals surface area contributed by atoms with Gasteiger partial charge in [0.05, 0.1) is 12.6 Å². The summed E-state index contributed by atoms with van der Waals surface area (Å²) in [6.07, 6.45) is 3.07. The highest BCUT2D eigenvalue weighted by molar-refractivity contribution is 5.55. The van der Waals surface area contributed by atoms with Crippen LogP contribution in [0.1, 0.15) is 31.9 Å². The van der Waals surface area contributed by atoms with Crippen molar-refractivity contribution in [2.24, 2.45) is 0 Å². The van der Waals surface area contributed by atoms with Crippen LogP contribution >= 0.6 is 0 Å². The van der Waals surface area contributed by atoms with Crippen molar-refractivity contribution in [2.75, 3.05) is 11.4 Å². The Morgan fingerprint density at radius 1 is 1.25 bits per heavy atom. The summed E-state index contributed by atoms with van der Waals surface area (Å²) < 4.78 is 5.99. The van der Waals surface area contributed by atoms with Crippen molar-refractivity contribution in [3.05, 3.63) is 54.2 Å². The van der Waals surface area contributed by atoms with Crippen LogP contribution in [-0.4, -0.2) is 17.6 Å². The fraction of sp³-hybridized carbons (Fsp3) is 0.353. The van der Waals surface area contributed by atoms with Crippen LogP contribution in [0.5, 0.6) is 5.75 Å². The van der Waals surface area contributed by atoms with Gasteiger partial charge in [0, 0.05) is 6.20 Å². The summed E-state index contributed by atoms with van der Waals surface area (Å²) in [5, 5.41) is 0. The molecule has 2 aromatic rings. The minimum absolute atomic E-state index is 0.234. The summed E-state index contributed by atoms with van der Waals surface area (Å²) in [7, 11) is 0. The molecule has 1 aromatic heterocycles. The van der Waals surface area contributed by atoms with Gasteiger partial charge >= 0.3 is 0 Å². The smallest absolute Gasteiger partial charge is 0.172 e. The first kappa shape index (κ1) is 13.0. The molecule has 2 unspecified atom stereocenters. The molecule has 2 atom stereocenters. The van der Waals surface area contributed by atoms with E-state index in [9.17, 15) is 0 Å². The summed E-state index contributed by atoms with van der Waals surface area (Å²) in [5.41, 5.74) is 1.31. The fourth-order valence-electron chi connectivity index (χ4n) is 2.68. The average molecular weight is 268 g/mol. The van der Waals surface area contributed by atoms with Gasteiger partial charge in [0.15, 0.2) is 11.6 Å². The zero-order valence-electron chi connectivity index (χ0n) is 12.0. The highest BCUT2D eigenvalue weighted by Crippen LogP contribution is 2.36. The highest BCUT2D eigenvalue weighted by atomic mass is 16.5. The molecular weight excluding hydrogens is 248 g/mol. The monoisotopic (exact) mass is 268 g/mol. The Bertz CT molecular complexity index is 570. The molecule has 0 saturated carbocycles. The van der Waals surface area contributed by atoms with Crippen molar-refractivity contribution >= 4 is 5.82 Å². The lowest BCUT2D eigenvalue weighted by atomic mass is 10.0. The minimum Gasteiger partial charge on any atom is -0.485 e. The van der Waals surface area contributed by atoms with E-state index in [1.54, 1.807) is 0 Å². The Balaban J connectivity index is 1.96. The number of hydrogen-bond acceptors (Lipinski definition) is 3. The molecule has 1 aliphatic rings. The molecule has 1 aromatic carbocycles. The largest absolute Gasteiger partial charge is 0.485 e. The van der Waals surface area contributed by atoms with Crippen molar-refractivity contribution in [1.82, 2.24) is 4.98 Å². The van der Waals surface area contributed by atoms with Gasteiger partial charge in [-0.25, -0.2) is 4.98 Å². The summed E-state index contributed by atoms with van der Waals surface area (Å²) >= 11 is 0. The number of pyridine rings is 1. The molecule has 3 heteroatoms. The Hall–Kier alpha value is -2.03. The van der Waals surface area contributed by atoms with Crippen LogP contribution in [0, 0.1) is 0 Å². The maximum atomic E-state index is 5.99. The molecule has 0 amide bonds. The normalized spacial score (nSPS) is 19.1. The summed E-state index contributed by atoms with van der Waals surface area (Å²) in [4.78, 5) is 6.87. The maximum Gasteiger partial charge on any atom is 0.172 e. The van der Waals surface area contributed by atoms with E-state index in [1.165, 1.54) is 5.56 Å². The summed E-state index contributed by atoms with van der Waals surface area (Å²) in [5.74, 6) is 1.85. The molecule has 1 aliphatic heterocycles. The molecule has 0 fully saturated rings. The molecular formula is C17H20N2O. The van der Waals surface area contributed by atoms with Gasteiger partial charge in [-0.15, -0.1) is 0 Å². The number of nitrogens with zero attached hydrogens (tertiary/aromatic N) is 2. The van der Waals surface area contributed by atoms with Crippen LogP contribution in [0.4, 0.5) is 5.82 Å². The lowest BCUT2D eigenvalue weighted by Crippen LogP contribution is -2.41. The van der Waals surface area contributed by atoms with Gasteiger partial charge in [0.25, 0.3) is 0 Å². The number of aromatic nitrogens is 1. The maximum absolute atomic E-state index is 5.99. The van der Waals surface area contributed by atoms with Crippen LogP contribution < -0.4 is 9.64 Å². The predicted octanol–water partition coefficient (Wildman–Crippen LogP) is 3.82. The molecule has 104 valence electrons. The lowest BCUT2D eigenvalue weighted by molar-refractivity contribution is 0.184. The van der Waals surface area contributed by atoms with Gasteiger partial charge in [-0.05, 0) is 31.0 Å². The second kappa shape index (κ2) is 5.53. The zero-order chi connectivity index (χ0) is 13.9. The predicted molar refractivity (Wildman–Crippen MR) is 81.1 cm³/mol. The first-order chi connectivity index (χ1) is 9.79. The molecule has 20 heavy (non-hydrogen) atoms. The molecule has 0 N–H and O–H groups in total. The van der Waals surface area contributed by atoms with Gasteiger partial charge in [0.1, 0.15) is 6.10 Å². The van der Waals surface area contributed by atoms with Crippen LogP contribution in [-0.2, 0) is 0 Å². The molecule has 0 spiro atoms. The van der Waals surface area contributed by atoms with Crippen molar-refractivity contribution in [3.63, 3.8) is 0 Å². The molecule has 0 bridgehead atoms. The molecule has 0 saturated heterocycles. The molecule has 3 nitrogen and oxygen atoms in total. The quantitative estimate of drug-likeness (QED) is 0.846. The molecule has 0 aliphatic carbocycles. The van der Waals surface area contributed by atoms with E-state index in [4.69, 9.17) is 4.74 Å². The highest BCUT2D eigenvalue weighted by Gasteiger charge is 2.29. The van der Waals surface area contributed by atoms with Gasteiger partial charge in [-0.1, -0.05) is 37.3 Å². The second-order valence-corrected chi connectivity index (χ2v) is 5.21. The minimum atomic E-state index is 0.234. The standard InChI is InChI=1S/C17H20N2O/c1-3-15-12-19(13(2)14-8-5-4-6-9-14)17-16(20-15)10-7-11-18-17/h4-11,13,15H,3,12H2,1-2H3.